The Morgan fingerprint density at radius 1 is 1.58 bits per heavy atom. The predicted molar refractivity (Wildman–Crippen MR) is 75.7 cm³/mol. The maximum atomic E-state index is 11.6. The minimum Gasteiger partial charge on any atom is -0.507 e. The van der Waals surface area contributed by atoms with Crippen molar-refractivity contribution in [3.05, 3.63) is 27.8 Å². The molecule has 1 atom stereocenters. The van der Waals surface area contributed by atoms with Crippen molar-refractivity contribution in [3.8, 4) is 5.75 Å². The van der Waals surface area contributed by atoms with Crippen LogP contribution in [-0.4, -0.2) is 24.7 Å². The Balaban J connectivity index is 3.15. The number of ether oxygens (including phenoxy) is 1. The van der Waals surface area contributed by atoms with E-state index in [0.29, 0.717) is 40.6 Å². The number of phenols is 1. The van der Waals surface area contributed by atoms with E-state index in [-0.39, 0.29) is 5.75 Å². The van der Waals surface area contributed by atoms with Gasteiger partial charge < -0.3 is 15.6 Å². The third-order valence-electron chi connectivity index (χ3n) is 3.22. The van der Waals surface area contributed by atoms with Crippen LogP contribution >= 0.6 is 11.6 Å². The van der Waals surface area contributed by atoms with Gasteiger partial charge in [0.25, 0.3) is 0 Å². The number of phenolic OH excluding ortho intramolecular Hbond substituents is 1. The number of aromatic hydroxyl groups is 1. The average Bonchev–Trinajstić information content (AvgIpc) is 2.38. The van der Waals surface area contributed by atoms with Crippen molar-refractivity contribution in [1.82, 2.24) is 0 Å². The molecular formula is C14H20ClNO3. The number of rotatable bonds is 5. The highest BCUT2D eigenvalue weighted by Gasteiger charge is 2.19. The third-order valence-corrected chi connectivity index (χ3v) is 3.56. The number of esters is 1. The summed E-state index contributed by atoms with van der Waals surface area (Å²) in [6, 6.07) is 1.55. The molecule has 0 aromatic heterocycles. The minimum atomic E-state index is -0.503. The number of benzene rings is 1. The van der Waals surface area contributed by atoms with Gasteiger partial charge in [0.15, 0.2) is 0 Å². The second kappa shape index (κ2) is 6.78. The van der Waals surface area contributed by atoms with Gasteiger partial charge in [0.1, 0.15) is 5.75 Å². The fourth-order valence-electron chi connectivity index (χ4n) is 2.04. The molecule has 1 unspecified atom stereocenters. The van der Waals surface area contributed by atoms with Gasteiger partial charge in [-0.2, -0.15) is 0 Å². The van der Waals surface area contributed by atoms with Crippen LogP contribution in [0.2, 0.25) is 5.02 Å². The van der Waals surface area contributed by atoms with Crippen LogP contribution < -0.4 is 5.73 Å². The van der Waals surface area contributed by atoms with Crippen LogP contribution in [0.1, 0.15) is 34.8 Å². The molecule has 3 N–H and O–H groups in total. The first kappa shape index (κ1) is 15.8. The topological polar surface area (TPSA) is 72.5 Å². The zero-order valence-electron chi connectivity index (χ0n) is 11.5. The molecule has 0 bridgehead atoms. The lowest BCUT2D eigenvalue weighted by Crippen LogP contribution is -2.10. The minimum absolute atomic E-state index is 0.0665. The first-order valence-corrected chi connectivity index (χ1v) is 6.59. The molecule has 0 saturated carbocycles. The lowest BCUT2D eigenvalue weighted by atomic mass is 9.94. The summed E-state index contributed by atoms with van der Waals surface area (Å²) in [4.78, 5) is 11.6. The summed E-state index contributed by atoms with van der Waals surface area (Å²) in [5.41, 5.74) is 6.96. The summed E-state index contributed by atoms with van der Waals surface area (Å²) in [6.45, 7) is 4.32. The fourth-order valence-corrected chi connectivity index (χ4v) is 2.32. The quantitative estimate of drug-likeness (QED) is 0.816. The molecule has 0 spiro atoms. The molecule has 106 valence electrons. The van der Waals surface area contributed by atoms with Gasteiger partial charge in [-0.25, -0.2) is 4.79 Å². The highest BCUT2D eigenvalue weighted by molar-refractivity contribution is 6.32. The SMILES string of the molecule is COC(=O)c1cc(Cl)c(CC(C)CCN)c(O)c1C. The number of halogens is 1. The third kappa shape index (κ3) is 3.61. The van der Waals surface area contributed by atoms with Gasteiger partial charge in [0.2, 0.25) is 0 Å². The van der Waals surface area contributed by atoms with Crippen molar-refractivity contribution in [2.24, 2.45) is 11.7 Å². The molecule has 0 heterocycles. The number of methoxy groups -OCH3 is 1. The van der Waals surface area contributed by atoms with Gasteiger partial charge in [-0.1, -0.05) is 18.5 Å². The van der Waals surface area contributed by atoms with E-state index in [4.69, 9.17) is 17.3 Å². The highest BCUT2D eigenvalue weighted by atomic mass is 35.5. The zero-order chi connectivity index (χ0) is 14.6. The van der Waals surface area contributed by atoms with Crippen LogP contribution in [0.15, 0.2) is 6.07 Å². The second-order valence-electron chi connectivity index (χ2n) is 4.74. The van der Waals surface area contributed by atoms with E-state index >= 15 is 0 Å². The summed E-state index contributed by atoms with van der Waals surface area (Å²) < 4.78 is 4.66. The maximum Gasteiger partial charge on any atom is 0.338 e. The Morgan fingerprint density at radius 2 is 2.21 bits per heavy atom. The van der Waals surface area contributed by atoms with Crippen molar-refractivity contribution >= 4 is 17.6 Å². The molecule has 0 aliphatic heterocycles. The lowest BCUT2D eigenvalue weighted by Gasteiger charge is -2.16. The van der Waals surface area contributed by atoms with Crippen molar-refractivity contribution in [2.45, 2.75) is 26.7 Å². The molecule has 19 heavy (non-hydrogen) atoms. The maximum absolute atomic E-state index is 11.6. The Hall–Kier alpha value is -1.26. The van der Waals surface area contributed by atoms with E-state index in [0.717, 1.165) is 6.42 Å². The second-order valence-corrected chi connectivity index (χ2v) is 5.14. The fraction of sp³-hybridized carbons (Fsp3) is 0.500. The van der Waals surface area contributed by atoms with Crippen molar-refractivity contribution in [3.63, 3.8) is 0 Å². The van der Waals surface area contributed by atoms with Gasteiger partial charge in [-0.05, 0) is 38.3 Å². The van der Waals surface area contributed by atoms with Crippen LogP contribution in [0.25, 0.3) is 0 Å². The van der Waals surface area contributed by atoms with E-state index in [1.54, 1.807) is 13.0 Å². The number of carbonyl (C=O) groups is 1. The number of hydrogen-bond acceptors (Lipinski definition) is 4. The number of nitrogens with two attached hydrogens (primary N) is 1. The molecule has 5 heteroatoms. The lowest BCUT2D eigenvalue weighted by molar-refractivity contribution is 0.0599. The summed E-state index contributed by atoms with van der Waals surface area (Å²) in [6.07, 6.45) is 1.48. The Bertz CT molecular complexity index is 474. The van der Waals surface area contributed by atoms with Gasteiger partial charge in [0.05, 0.1) is 12.7 Å². The van der Waals surface area contributed by atoms with E-state index in [9.17, 15) is 9.90 Å². The van der Waals surface area contributed by atoms with E-state index in [1.165, 1.54) is 7.11 Å². The van der Waals surface area contributed by atoms with E-state index in [1.807, 2.05) is 6.92 Å². The summed E-state index contributed by atoms with van der Waals surface area (Å²) in [5, 5.41) is 10.6. The van der Waals surface area contributed by atoms with Crippen molar-refractivity contribution in [1.29, 1.82) is 0 Å². The number of hydrogen-bond donors (Lipinski definition) is 2. The molecule has 0 radical (unpaired) electrons. The highest BCUT2D eigenvalue weighted by Crippen LogP contribution is 2.34. The molecule has 0 aliphatic rings. The Kier molecular flexibility index (Phi) is 5.63. The Morgan fingerprint density at radius 3 is 2.74 bits per heavy atom. The van der Waals surface area contributed by atoms with Gasteiger partial charge in [-0.3, -0.25) is 0 Å². The zero-order valence-corrected chi connectivity index (χ0v) is 12.3. The summed E-state index contributed by atoms with van der Waals surface area (Å²) >= 11 is 6.15. The molecule has 1 aromatic carbocycles. The molecule has 0 aliphatic carbocycles. The molecule has 0 fully saturated rings. The molecule has 1 aromatic rings. The molecule has 0 saturated heterocycles. The van der Waals surface area contributed by atoms with Crippen LogP contribution in [0.3, 0.4) is 0 Å². The predicted octanol–water partition coefficient (Wildman–Crippen LogP) is 2.67. The van der Waals surface area contributed by atoms with Crippen LogP contribution in [0.5, 0.6) is 5.75 Å². The van der Waals surface area contributed by atoms with Crippen LogP contribution in [0, 0.1) is 12.8 Å². The van der Waals surface area contributed by atoms with Crippen LogP contribution in [0.4, 0.5) is 0 Å². The molecule has 0 amide bonds. The number of carbonyl (C=O) groups excluding carboxylic acids is 1. The van der Waals surface area contributed by atoms with E-state index in [2.05, 4.69) is 4.74 Å². The smallest absolute Gasteiger partial charge is 0.338 e. The van der Waals surface area contributed by atoms with Crippen molar-refractivity contribution in [2.75, 3.05) is 13.7 Å². The largest absolute Gasteiger partial charge is 0.507 e. The summed E-state index contributed by atoms with van der Waals surface area (Å²) in [7, 11) is 1.30. The van der Waals surface area contributed by atoms with Gasteiger partial charge in [-0.15, -0.1) is 0 Å². The monoisotopic (exact) mass is 285 g/mol. The van der Waals surface area contributed by atoms with Gasteiger partial charge >= 0.3 is 5.97 Å². The van der Waals surface area contributed by atoms with Crippen molar-refractivity contribution < 1.29 is 14.6 Å². The first-order valence-electron chi connectivity index (χ1n) is 6.21. The van der Waals surface area contributed by atoms with Crippen LogP contribution in [-0.2, 0) is 11.2 Å². The van der Waals surface area contributed by atoms with E-state index < -0.39 is 5.97 Å². The Labute approximate surface area is 118 Å². The first-order chi connectivity index (χ1) is 8.92. The van der Waals surface area contributed by atoms with Gasteiger partial charge in [0, 0.05) is 16.1 Å². The summed E-state index contributed by atoms with van der Waals surface area (Å²) in [5.74, 6) is -0.121. The standard InChI is InChI=1S/C14H20ClNO3/c1-8(4-5-16)6-11-12(15)7-10(14(18)19-3)9(2)13(11)17/h7-8,17H,4-6,16H2,1-3H3. The molecule has 1 rings (SSSR count). The molecular weight excluding hydrogens is 266 g/mol. The average molecular weight is 286 g/mol. The normalized spacial score (nSPS) is 12.3. The molecule has 4 nitrogen and oxygen atoms in total.